The third kappa shape index (κ3) is 4.16. The molecule has 1 amide bonds. The van der Waals surface area contributed by atoms with Crippen molar-refractivity contribution in [2.24, 2.45) is 0 Å². The summed E-state index contributed by atoms with van der Waals surface area (Å²) < 4.78 is 13.0. The molecule has 1 saturated heterocycles. The van der Waals surface area contributed by atoms with Crippen molar-refractivity contribution in [2.45, 2.75) is 19.9 Å². The molecule has 0 unspecified atom stereocenters. The van der Waals surface area contributed by atoms with Crippen molar-refractivity contribution in [1.82, 2.24) is 9.88 Å². The molecular weight excluding hydrogens is 444 g/mol. The van der Waals surface area contributed by atoms with Crippen LogP contribution in [0.5, 0.6) is 5.75 Å². The fourth-order valence-corrected chi connectivity index (χ4v) is 5.30. The molecule has 1 aliphatic rings. The standard InChI is InChI=1S/C24H20N2O4S2/c1-15-19(25-23(30-15)16-5-3-2-4-6-16)9-11-29-20-8-7-17(22-18(20)10-12-31-22)13-26-14-21(27)32-24(26)28/h2-8,10,12H,9,11,13-14H2,1H3. The largest absolute Gasteiger partial charge is 0.493 e. The fourth-order valence-electron chi connectivity index (χ4n) is 3.71. The van der Waals surface area contributed by atoms with Crippen molar-refractivity contribution < 1.29 is 18.7 Å². The van der Waals surface area contributed by atoms with Crippen molar-refractivity contribution in [3.63, 3.8) is 0 Å². The van der Waals surface area contributed by atoms with Crippen LogP contribution in [0.25, 0.3) is 21.5 Å². The number of hydrogen-bond donors (Lipinski definition) is 0. The molecule has 3 heterocycles. The Balaban J connectivity index is 1.28. The number of hydrogen-bond acceptors (Lipinski definition) is 7. The van der Waals surface area contributed by atoms with E-state index in [1.54, 1.807) is 16.2 Å². The first-order valence-electron chi connectivity index (χ1n) is 10.2. The third-order valence-electron chi connectivity index (χ3n) is 5.31. The number of thiophene rings is 1. The van der Waals surface area contributed by atoms with Gasteiger partial charge < -0.3 is 14.1 Å². The highest BCUT2D eigenvalue weighted by atomic mass is 32.2. The zero-order valence-electron chi connectivity index (χ0n) is 17.4. The number of aryl methyl sites for hydroxylation is 1. The summed E-state index contributed by atoms with van der Waals surface area (Å²) in [4.78, 5) is 29.7. The number of benzene rings is 2. The summed E-state index contributed by atoms with van der Waals surface area (Å²) >= 11 is 2.39. The molecule has 0 N–H and O–H groups in total. The molecule has 8 heteroatoms. The molecular formula is C24H20N2O4S2. The summed E-state index contributed by atoms with van der Waals surface area (Å²) in [7, 11) is 0. The lowest BCUT2D eigenvalue weighted by Crippen LogP contribution is -2.23. The van der Waals surface area contributed by atoms with Gasteiger partial charge in [0.15, 0.2) is 0 Å². The lowest BCUT2D eigenvalue weighted by Gasteiger charge is -2.15. The van der Waals surface area contributed by atoms with Gasteiger partial charge in [0, 0.05) is 40.4 Å². The predicted octanol–water partition coefficient (Wildman–Crippen LogP) is 5.68. The Morgan fingerprint density at radius 1 is 1.12 bits per heavy atom. The molecule has 1 aliphatic heterocycles. The van der Waals surface area contributed by atoms with Crippen LogP contribution < -0.4 is 4.74 Å². The van der Waals surface area contributed by atoms with Gasteiger partial charge in [0.2, 0.25) is 11.0 Å². The van der Waals surface area contributed by atoms with Gasteiger partial charge in [0.25, 0.3) is 5.24 Å². The molecule has 162 valence electrons. The van der Waals surface area contributed by atoms with Crippen LogP contribution >= 0.6 is 23.1 Å². The number of rotatable bonds is 7. The van der Waals surface area contributed by atoms with Crippen molar-refractivity contribution >= 4 is 43.5 Å². The maximum Gasteiger partial charge on any atom is 0.290 e. The van der Waals surface area contributed by atoms with E-state index < -0.39 is 0 Å². The molecule has 4 aromatic rings. The molecule has 2 aromatic carbocycles. The van der Waals surface area contributed by atoms with Crippen molar-refractivity contribution in [2.75, 3.05) is 13.2 Å². The second-order valence-electron chi connectivity index (χ2n) is 7.47. The minimum Gasteiger partial charge on any atom is -0.493 e. The average molecular weight is 465 g/mol. The fraction of sp³-hybridized carbons (Fsp3) is 0.208. The summed E-state index contributed by atoms with van der Waals surface area (Å²) in [6, 6.07) is 15.8. The molecule has 2 aromatic heterocycles. The Morgan fingerprint density at radius 3 is 2.75 bits per heavy atom. The number of thioether (sulfide) groups is 1. The quantitative estimate of drug-likeness (QED) is 0.350. The number of ether oxygens (including phenoxy) is 1. The average Bonchev–Trinajstić information content (AvgIpc) is 3.50. The van der Waals surface area contributed by atoms with Gasteiger partial charge >= 0.3 is 0 Å². The molecule has 1 fully saturated rings. The highest BCUT2D eigenvalue weighted by molar-refractivity contribution is 8.26. The Bertz CT molecular complexity index is 1300. The summed E-state index contributed by atoms with van der Waals surface area (Å²) in [5, 5.41) is 2.74. The molecule has 32 heavy (non-hydrogen) atoms. The van der Waals surface area contributed by atoms with Crippen molar-refractivity contribution in [1.29, 1.82) is 0 Å². The summed E-state index contributed by atoms with van der Waals surface area (Å²) in [5.41, 5.74) is 2.86. The van der Waals surface area contributed by atoms with E-state index in [2.05, 4.69) is 4.98 Å². The Hall–Kier alpha value is -3.10. The Morgan fingerprint density at radius 2 is 1.97 bits per heavy atom. The highest BCUT2D eigenvalue weighted by Crippen LogP contribution is 2.35. The lowest BCUT2D eigenvalue weighted by molar-refractivity contribution is -0.110. The molecule has 0 saturated carbocycles. The number of carbonyl (C=O) groups excluding carboxylic acids is 2. The van der Waals surface area contributed by atoms with Gasteiger partial charge in [0.1, 0.15) is 11.5 Å². The van der Waals surface area contributed by atoms with Crippen LogP contribution in [0.4, 0.5) is 4.79 Å². The van der Waals surface area contributed by atoms with Crippen LogP contribution in [0.2, 0.25) is 0 Å². The van der Waals surface area contributed by atoms with Crippen LogP contribution in [0.1, 0.15) is 17.0 Å². The lowest BCUT2D eigenvalue weighted by atomic mass is 10.1. The zero-order valence-corrected chi connectivity index (χ0v) is 19.0. The Labute approximate surface area is 193 Å². The highest BCUT2D eigenvalue weighted by Gasteiger charge is 2.29. The molecule has 0 spiro atoms. The minimum absolute atomic E-state index is 0.101. The second-order valence-corrected chi connectivity index (χ2v) is 9.39. The first kappa shape index (κ1) is 20.8. The molecule has 5 rings (SSSR count). The van der Waals surface area contributed by atoms with Crippen LogP contribution in [-0.4, -0.2) is 33.4 Å². The van der Waals surface area contributed by atoms with Gasteiger partial charge in [-0.25, -0.2) is 4.98 Å². The Kier molecular flexibility index (Phi) is 5.71. The van der Waals surface area contributed by atoms with Gasteiger partial charge in [-0.15, -0.1) is 11.3 Å². The van der Waals surface area contributed by atoms with E-state index >= 15 is 0 Å². The van der Waals surface area contributed by atoms with Gasteiger partial charge in [-0.1, -0.05) is 24.3 Å². The molecule has 0 aliphatic carbocycles. The van der Waals surface area contributed by atoms with E-state index in [-0.39, 0.29) is 16.9 Å². The second kappa shape index (κ2) is 8.80. The van der Waals surface area contributed by atoms with Gasteiger partial charge in [-0.3, -0.25) is 9.59 Å². The van der Waals surface area contributed by atoms with Crippen molar-refractivity contribution in [3.05, 3.63) is 70.9 Å². The summed E-state index contributed by atoms with van der Waals surface area (Å²) in [5.74, 6) is 2.22. The predicted molar refractivity (Wildman–Crippen MR) is 126 cm³/mol. The van der Waals surface area contributed by atoms with Crippen LogP contribution in [-0.2, 0) is 17.8 Å². The summed E-state index contributed by atoms with van der Waals surface area (Å²) in [6.45, 7) is 2.98. The van der Waals surface area contributed by atoms with E-state index in [0.717, 1.165) is 50.2 Å². The van der Waals surface area contributed by atoms with E-state index in [1.165, 1.54) is 0 Å². The minimum atomic E-state index is -0.183. The monoisotopic (exact) mass is 464 g/mol. The smallest absolute Gasteiger partial charge is 0.290 e. The first-order chi connectivity index (χ1) is 15.6. The van der Waals surface area contributed by atoms with Gasteiger partial charge in [-0.05, 0) is 42.1 Å². The van der Waals surface area contributed by atoms with E-state index in [1.807, 2.05) is 60.8 Å². The third-order valence-corrected chi connectivity index (χ3v) is 7.09. The normalized spacial score (nSPS) is 14.0. The maximum atomic E-state index is 12.0. The SMILES string of the molecule is Cc1oc(-c2ccccc2)nc1CCOc1ccc(CN2CC(=O)SC2=O)c2sccc12. The topological polar surface area (TPSA) is 72.6 Å². The molecule has 0 atom stereocenters. The number of amides is 1. The zero-order chi connectivity index (χ0) is 22.1. The molecule has 0 bridgehead atoms. The van der Waals surface area contributed by atoms with E-state index in [9.17, 15) is 9.59 Å². The number of nitrogens with zero attached hydrogens (tertiary/aromatic N) is 2. The van der Waals surface area contributed by atoms with Gasteiger partial charge in [0.05, 0.1) is 18.8 Å². The number of fused-ring (bicyclic) bond motifs is 1. The molecule has 6 nitrogen and oxygen atoms in total. The van der Waals surface area contributed by atoms with Crippen LogP contribution in [0.3, 0.4) is 0 Å². The van der Waals surface area contributed by atoms with Crippen LogP contribution in [0.15, 0.2) is 58.3 Å². The van der Waals surface area contributed by atoms with Gasteiger partial charge in [-0.2, -0.15) is 0 Å². The van der Waals surface area contributed by atoms with Crippen LogP contribution in [0, 0.1) is 6.92 Å². The number of oxazole rings is 1. The molecule has 0 radical (unpaired) electrons. The number of aromatic nitrogens is 1. The maximum absolute atomic E-state index is 12.0. The van der Waals surface area contributed by atoms with E-state index in [4.69, 9.17) is 9.15 Å². The first-order valence-corrected chi connectivity index (χ1v) is 11.9. The summed E-state index contributed by atoms with van der Waals surface area (Å²) in [6.07, 6.45) is 0.636. The number of carbonyl (C=O) groups is 2. The van der Waals surface area contributed by atoms with E-state index in [0.29, 0.717) is 25.5 Å². The van der Waals surface area contributed by atoms with Crippen molar-refractivity contribution in [3.8, 4) is 17.2 Å².